The zero-order chi connectivity index (χ0) is 13.1. The van der Waals surface area contributed by atoms with Gasteiger partial charge in [-0.05, 0) is 17.7 Å². The van der Waals surface area contributed by atoms with Crippen molar-refractivity contribution in [1.82, 2.24) is 9.55 Å². The van der Waals surface area contributed by atoms with Crippen molar-refractivity contribution in [3.8, 4) is 11.4 Å². The molecular weight excluding hydrogens is 234 g/mol. The Bertz CT molecular complexity index is 654. The summed E-state index contributed by atoms with van der Waals surface area (Å²) in [6.07, 6.45) is 3.83. The van der Waals surface area contributed by atoms with Gasteiger partial charge in [-0.15, -0.1) is 0 Å². The minimum absolute atomic E-state index is 0.790. The first-order valence-corrected chi connectivity index (χ1v) is 6.24. The van der Waals surface area contributed by atoms with Gasteiger partial charge in [0.25, 0.3) is 0 Å². The second-order valence-corrected chi connectivity index (χ2v) is 4.49. The molecule has 2 aromatic carbocycles. The molecule has 0 bridgehead atoms. The van der Waals surface area contributed by atoms with Crippen LogP contribution in [0.5, 0.6) is 0 Å². The number of rotatable bonds is 3. The van der Waals surface area contributed by atoms with Crippen LogP contribution in [0.15, 0.2) is 67.0 Å². The van der Waals surface area contributed by atoms with Gasteiger partial charge in [-0.2, -0.15) is 0 Å². The summed E-state index contributed by atoms with van der Waals surface area (Å²) in [5, 5.41) is 0. The lowest BCUT2D eigenvalue weighted by Crippen LogP contribution is -2.01. The van der Waals surface area contributed by atoms with E-state index in [4.69, 9.17) is 5.73 Å². The lowest BCUT2D eigenvalue weighted by Gasteiger charge is -2.08. The largest absolute Gasteiger partial charge is 0.399 e. The fourth-order valence-electron chi connectivity index (χ4n) is 2.10. The summed E-state index contributed by atoms with van der Waals surface area (Å²) in [6.45, 7) is 0.796. The average Bonchev–Trinajstić information content (AvgIpc) is 2.90. The van der Waals surface area contributed by atoms with Gasteiger partial charge in [0, 0.05) is 30.2 Å². The summed E-state index contributed by atoms with van der Waals surface area (Å²) in [6, 6.07) is 18.1. The SMILES string of the molecule is Nc1ccc(Cn2ccnc2-c2ccccc2)cc1. The minimum atomic E-state index is 0.790. The number of hydrogen-bond donors (Lipinski definition) is 1. The molecule has 3 nitrogen and oxygen atoms in total. The molecule has 2 N–H and O–H groups in total. The second-order valence-electron chi connectivity index (χ2n) is 4.49. The van der Waals surface area contributed by atoms with E-state index in [1.807, 2.05) is 54.9 Å². The zero-order valence-electron chi connectivity index (χ0n) is 10.5. The third-order valence-electron chi connectivity index (χ3n) is 3.08. The van der Waals surface area contributed by atoms with Crippen molar-refractivity contribution in [2.75, 3.05) is 5.73 Å². The van der Waals surface area contributed by atoms with E-state index in [0.717, 1.165) is 23.6 Å². The summed E-state index contributed by atoms with van der Waals surface area (Å²) in [7, 11) is 0. The molecule has 0 saturated heterocycles. The first-order chi connectivity index (χ1) is 9.33. The molecule has 94 valence electrons. The fourth-order valence-corrected chi connectivity index (χ4v) is 2.10. The van der Waals surface area contributed by atoms with Crippen LogP contribution in [0, 0.1) is 0 Å². The summed E-state index contributed by atoms with van der Waals surface area (Å²) in [5.74, 6) is 0.984. The Labute approximate surface area is 112 Å². The number of nitrogen functional groups attached to an aromatic ring is 1. The molecular formula is C16H15N3. The Morgan fingerprint density at radius 3 is 2.42 bits per heavy atom. The monoisotopic (exact) mass is 249 g/mol. The molecule has 3 rings (SSSR count). The van der Waals surface area contributed by atoms with E-state index < -0.39 is 0 Å². The van der Waals surface area contributed by atoms with E-state index in [0.29, 0.717) is 0 Å². The summed E-state index contributed by atoms with van der Waals surface area (Å²) >= 11 is 0. The number of nitrogens with two attached hydrogens (primary N) is 1. The van der Waals surface area contributed by atoms with Crippen LogP contribution in [-0.4, -0.2) is 9.55 Å². The number of benzene rings is 2. The Morgan fingerprint density at radius 1 is 0.947 bits per heavy atom. The van der Waals surface area contributed by atoms with Gasteiger partial charge in [-0.3, -0.25) is 0 Å². The highest BCUT2D eigenvalue weighted by Gasteiger charge is 2.05. The van der Waals surface area contributed by atoms with E-state index in [9.17, 15) is 0 Å². The molecule has 0 fully saturated rings. The van der Waals surface area contributed by atoms with Crippen molar-refractivity contribution in [3.63, 3.8) is 0 Å². The maximum Gasteiger partial charge on any atom is 0.140 e. The maximum absolute atomic E-state index is 5.70. The van der Waals surface area contributed by atoms with Crippen LogP contribution in [0.4, 0.5) is 5.69 Å². The lowest BCUT2D eigenvalue weighted by atomic mass is 10.2. The Hall–Kier alpha value is -2.55. The molecule has 0 aliphatic rings. The molecule has 3 aromatic rings. The quantitative estimate of drug-likeness (QED) is 0.724. The third kappa shape index (κ3) is 2.50. The van der Waals surface area contributed by atoms with Crippen molar-refractivity contribution in [2.24, 2.45) is 0 Å². The third-order valence-corrected chi connectivity index (χ3v) is 3.08. The van der Waals surface area contributed by atoms with E-state index in [-0.39, 0.29) is 0 Å². The lowest BCUT2D eigenvalue weighted by molar-refractivity contribution is 0.807. The normalized spacial score (nSPS) is 10.5. The molecule has 0 aliphatic carbocycles. The van der Waals surface area contributed by atoms with Gasteiger partial charge in [-0.25, -0.2) is 4.98 Å². The van der Waals surface area contributed by atoms with Crippen LogP contribution in [0.2, 0.25) is 0 Å². The van der Waals surface area contributed by atoms with E-state index in [2.05, 4.69) is 21.7 Å². The number of aromatic nitrogens is 2. The van der Waals surface area contributed by atoms with Crippen molar-refractivity contribution < 1.29 is 0 Å². The fraction of sp³-hybridized carbons (Fsp3) is 0.0625. The number of nitrogens with zero attached hydrogens (tertiary/aromatic N) is 2. The average molecular weight is 249 g/mol. The summed E-state index contributed by atoms with van der Waals surface area (Å²) in [4.78, 5) is 4.44. The highest BCUT2D eigenvalue weighted by molar-refractivity contribution is 5.55. The second kappa shape index (κ2) is 4.98. The maximum atomic E-state index is 5.70. The molecule has 0 radical (unpaired) electrons. The van der Waals surface area contributed by atoms with Crippen molar-refractivity contribution >= 4 is 5.69 Å². The van der Waals surface area contributed by atoms with E-state index >= 15 is 0 Å². The van der Waals surface area contributed by atoms with Crippen LogP contribution in [0.1, 0.15) is 5.56 Å². The van der Waals surface area contributed by atoms with Gasteiger partial charge in [-0.1, -0.05) is 42.5 Å². The van der Waals surface area contributed by atoms with Crippen molar-refractivity contribution in [1.29, 1.82) is 0 Å². The van der Waals surface area contributed by atoms with Gasteiger partial charge in [0.15, 0.2) is 0 Å². The Balaban J connectivity index is 1.91. The zero-order valence-corrected chi connectivity index (χ0v) is 10.5. The minimum Gasteiger partial charge on any atom is -0.399 e. The molecule has 0 unspecified atom stereocenters. The topological polar surface area (TPSA) is 43.8 Å². The molecule has 1 heterocycles. The van der Waals surface area contributed by atoms with Gasteiger partial charge in [0.2, 0.25) is 0 Å². The van der Waals surface area contributed by atoms with Gasteiger partial charge in [0.1, 0.15) is 5.82 Å². The van der Waals surface area contributed by atoms with Crippen LogP contribution in [-0.2, 0) is 6.54 Å². The Morgan fingerprint density at radius 2 is 1.68 bits per heavy atom. The summed E-state index contributed by atoms with van der Waals surface area (Å²) in [5.41, 5.74) is 8.83. The van der Waals surface area contributed by atoms with Crippen molar-refractivity contribution in [3.05, 3.63) is 72.6 Å². The van der Waals surface area contributed by atoms with Crippen molar-refractivity contribution in [2.45, 2.75) is 6.54 Å². The molecule has 0 amide bonds. The first kappa shape index (κ1) is 11.5. The standard InChI is InChI=1S/C16H15N3/c17-15-8-6-13(7-9-15)12-19-11-10-18-16(19)14-4-2-1-3-5-14/h1-11H,12,17H2. The number of anilines is 1. The molecule has 0 saturated carbocycles. The molecule has 3 heteroatoms. The highest BCUT2D eigenvalue weighted by Crippen LogP contribution is 2.18. The molecule has 19 heavy (non-hydrogen) atoms. The number of imidazole rings is 1. The first-order valence-electron chi connectivity index (χ1n) is 6.24. The van der Waals surface area contributed by atoms with E-state index in [1.54, 1.807) is 0 Å². The molecule has 0 aliphatic heterocycles. The molecule has 0 atom stereocenters. The summed E-state index contributed by atoms with van der Waals surface area (Å²) < 4.78 is 2.14. The van der Waals surface area contributed by atoms with Crippen LogP contribution in [0.25, 0.3) is 11.4 Å². The van der Waals surface area contributed by atoms with Crippen LogP contribution < -0.4 is 5.73 Å². The van der Waals surface area contributed by atoms with Gasteiger partial charge >= 0.3 is 0 Å². The van der Waals surface area contributed by atoms with Crippen LogP contribution in [0.3, 0.4) is 0 Å². The van der Waals surface area contributed by atoms with Gasteiger partial charge in [0.05, 0.1) is 0 Å². The smallest absolute Gasteiger partial charge is 0.140 e. The highest BCUT2D eigenvalue weighted by atomic mass is 15.1. The van der Waals surface area contributed by atoms with Gasteiger partial charge < -0.3 is 10.3 Å². The molecule has 1 aromatic heterocycles. The Kier molecular flexibility index (Phi) is 3.02. The van der Waals surface area contributed by atoms with Crippen LogP contribution >= 0.6 is 0 Å². The number of hydrogen-bond acceptors (Lipinski definition) is 2. The van der Waals surface area contributed by atoms with E-state index in [1.165, 1.54) is 5.56 Å². The molecule has 0 spiro atoms. The predicted molar refractivity (Wildman–Crippen MR) is 77.6 cm³/mol. The predicted octanol–water partition coefficient (Wildman–Crippen LogP) is 3.18.